The number of nitrogens with zero attached hydrogens (tertiary/aromatic N) is 5. The van der Waals surface area contributed by atoms with Crippen LogP contribution in [0.15, 0.2) is 6.33 Å². The summed E-state index contributed by atoms with van der Waals surface area (Å²) in [5.74, 6) is -0.336. The van der Waals surface area contributed by atoms with Gasteiger partial charge in [0.2, 0.25) is 11.7 Å². The van der Waals surface area contributed by atoms with Crippen LogP contribution in [0.4, 0.5) is 0 Å². The number of piperidine rings is 1. The third-order valence-corrected chi connectivity index (χ3v) is 4.81. The molecule has 0 spiro atoms. The van der Waals surface area contributed by atoms with Crippen LogP contribution < -0.4 is 5.73 Å². The predicted octanol–water partition coefficient (Wildman–Crippen LogP) is 0.0232. The standard InChI is InChI=1S/C15H24N6O2/c1-10(2)20-7-5-12(15(20)23)19-6-3-4-11(8-19)21-9-17-14(18-21)13(16)22/h9-12H,3-8H2,1-2H3,(H2,16,22)/t11-,12-/m0/s1. The lowest BCUT2D eigenvalue weighted by Crippen LogP contribution is -2.48. The van der Waals surface area contributed by atoms with Crippen LogP contribution in [0.1, 0.15) is 49.8 Å². The summed E-state index contributed by atoms with van der Waals surface area (Å²) >= 11 is 0. The maximum Gasteiger partial charge on any atom is 0.288 e. The second kappa shape index (κ2) is 6.27. The molecule has 2 saturated heterocycles. The number of amides is 2. The first-order valence-electron chi connectivity index (χ1n) is 8.23. The number of carbonyl (C=O) groups is 2. The van der Waals surface area contributed by atoms with E-state index in [0.717, 1.165) is 38.9 Å². The van der Waals surface area contributed by atoms with Crippen LogP contribution in [0.5, 0.6) is 0 Å². The summed E-state index contributed by atoms with van der Waals surface area (Å²) in [7, 11) is 0. The number of hydrogen-bond donors (Lipinski definition) is 1. The molecule has 0 radical (unpaired) electrons. The van der Waals surface area contributed by atoms with Gasteiger partial charge in [0, 0.05) is 19.1 Å². The SMILES string of the molecule is CC(C)N1CC[C@H](N2CCC[C@H](n3cnc(C(N)=O)n3)C2)C1=O. The van der Waals surface area contributed by atoms with E-state index in [-0.39, 0.29) is 29.9 Å². The van der Waals surface area contributed by atoms with Gasteiger partial charge in [-0.15, -0.1) is 5.10 Å². The lowest BCUT2D eigenvalue weighted by Gasteiger charge is -2.36. The van der Waals surface area contributed by atoms with Crippen molar-refractivity contribution in [3.63, 3.8) is 0 Å². The Bertz CT molecular complexity index is 599. The molecule has 126 valence electrons. The van der Waals surface area contributed by atoms with Crippen molar-refractivity contribution in [1.29, 1.82) is 0 Å². The maximum absolute atomic E-state index is 12.6. The first-order valence-corrected chi connectivity index (χ1v) is 8.23. The zero-order chi connectivity index (χ0) is 16.6. The third-order valence-electron chi connectivity index (χ3n) is 4.81. The summed E-state index contributed by atoms with van der Waals surface area (Å²) in [4.78, 5) is 31.9. The molecule has 2 aliphatic heterocycles. The minimum atomic E-state index is -0.616. The Balaban J connectivity index is 1.69. The van der Waals surface area contributed by atoms with Crippen LogP contribution in [0.3, 0.4) is 0 Å². The molecule has 0 bridgehead atoms. The Hall–Kier alpha value is -1.96. The second-order valence-electron chi connectivity index (χ2n) is 6.63. The fourth-order valence-corrected chi connectivity index (χ4v) is 3.58. The van der Waals surface area contributed by atoms with Crippen molar-refractivity contribution in [2.45, 2.75) is 51.2 Å². The Morgan fingerprint density at radius 1 is 1.35 bits per heavy atom. The third kappa shape index (κ3) is 3.08. The van der Waals surface area contributed by atoms with E-state index in [1.54, 1.807) is 11.0 Å². The number of hydrogen-bond acceptors (Lipinski definition) is 5. The first kappa shape index (κ1) is 15.9. The average molecular weight is 320 g/mol. The number of nitrogens with two attached hydrogens (primary N) is 1. The van der Waals surface area contributed by atoms with Gasteiger partial charge in [-0.2, -0.15) is 0 Å². The van der Waals surface area contributed by atoms with Crippen LogP contribution in [0.2, 0.25) is 0 Å². The van der Waals surface area contributed by atoms with Crippen LogP contribution in [0.25, 0.3) is 0 Å². The van der Waals surface area contributed by atoms with Crippen molar-refractivity contribution in [1.82, 2.24) is 24.6 Å². The molecule has 8 heteroatoms. The van der Waals surface area contributed by atoms with E-state index in [1.807, 2.05) is 4.90 Å². The molecule has 2 fully saturated rings. The largest absolute Gasteiger partial charge is 0.363 e. The number of carbonyl (C=O) groups excluding carboxylic acids is 2. The number of aromatic nitrogens is 3. The van der Waals surface area contributed by atoms with Gasteiger partial charge < -0.3 is 10.6 Å². The van der Waals surface area contributed by atoms with Crippen molar-refractivity contribution >= 4 is 11.8 Å². The highest BCUT2D eigenvalue weighted by Gasteiger charge is 2.39. The van der Waals surface area contributed by atoms with Crippen LogP contribution >= 0.6 is 0 Å². The molecule has 0 aliphatic carbocycles. The second-order valence-corrected chi connectivity index (χ2v) is 6.63. The molecule has 1 aromatic rings. The smallest absolute Gasteiger partial charge is 0.288 e. The van der Waals surface area contributed by atoms with Gasteiger partial charge in [-0.1, -0.05) is 0 Å². The average Bonchev–Trinajstić information content (AvgIpc) is 3.14. The van der Waals surface area contributed by atoms with Crippen molar-refractivity contribution in [2.75, 3.05) is 19.6 Å². The van der Waals surface area contributed by atoms with E-state index >= 15 is 0 Å². The van der Waals surface area contributed by atoms with Gasteiger partial charge in [-0.05, 0) is 39.7 Å². The molecule has 2 N–H and O–H groups in total. The molecule has 0 unspecified atom stereocenters. The summed E-state index contributed by atoms with van der Waals surface area (Å²) in [5.41, 5.74) is 5.21. The molecule has 3 rings (SSSR count). The fourth-order valence-electron chi connectivity index (χ4n) is 3.58. The van der Waals surface area contributed by atoms with Crippen molar-refractivity contribution in [3.8, 4) is 0 Å². The van der Waals surface area contributed by atoms with Gasteiger partial charge in [-0.3, -0.25) is 14.5 Å². The number of primary amides is 1. The molecule has 23 heavy (non-hydrogen) atoms. The minimum absolute atomic E-state index is 0.0284. The molecule has 2 amide bonds. The number of likely N-dealkylation sites (tertiary alicyclic amines) is 2. The quantitative estimate of drug-likeness (QED) is 0.843. The number of rotatable bonds is 4. The first-order chi connectivity index (χ1) is 11.0. The fraction of sp³-hybridized carbons (Fsp3) is 0.733. The summed E-state index contributed by atoms with van der Waals surface area (Å²) in [6.07, 6.45) is 4.41. The summed E-state index contributed by atoms with van der Waals surface area (Å²) in [6, 6.07) is 0.353. The van der Waals surface area contributed by atoms with E-state index < -0.39 is 5.91 Å². The monoisotopic (exact) mass is 320 g/mol. The van der Waals surface area contributed by atoms with Crippen LogP contribution in [-0.4, -0.2) is 68.1 Å². The van der Waals surface area contributed by atoms with Gasteiger partial charge in [0.15, 0.2) is 0 Å². The van der Waals surface area contributed by atoms with Gasteiger partial charge in [0.05, 0.1) is 12.1 Å². The summed E-state index contributed by atoms with van der Waals surface area (Å²) in [6.45, 7) is 6.62. The molecule has 1 aromatic heterocycles. The van der Waals surface area contributed by atoms with Crippen molar-refractivity contribution in [2.24, 2.45) is 5.73 Å². The maximum atomic E-state index is 12.6. The zero-order valence-electron chi connectivity index (χ0n) is 13.7. The molecule has 2 aliphatic rings. The van der Waals surface area contributed by atoms with E-state index in [4.69, 9.17) is 5.73 Å². The normalized spacial score (nSPS) is 26.2. The molecule has 2 atom stereocenters. The zero-order valence-corrected chi connectivity index (χ0v) is 13.7. The van der Waals surface area contributed by atoms with E-state index in [0.29, 0.717) is 0 Å². The van der Waals surface area contributed by atoms with Crippen LogP contribution in [-0.2, 0) is 4.79 Å². The van der Waals surface area contributed by atoms with Crippen LogP contribution in [0, 0.1) is 0 Å². The Kier molecular flexibility index (Phi) is 4.34. The molecular formula is C15H24N6O2. The Morgan fingerprint density at radius 3 is 2.74 bits per heavy atom. The highest BCUT2D eigenvalue weighted by atomic mass is 16.2. The minimum Gasteiger partial charge on any atom is -0.363 e. The molecule has 0 aromatic carbocycles. The molecule has 8 nitrogen and oxygen atoms in total. The molecule has 3 heterocycles. The highest BCUT2D eigenvalue weighted by Crippen LogP contribution is 2.27. The molecular weight excluding hydrogens is 296 g/mol. The topological polar surface area (TPSA) is 97.3 Å². The van der Waals surface area contributed by atoms with E-state index in [2.05, 4.69) is 28.8 Å². The summed E-state index contributed by atoms with van der Waals surface area (Å²) < 4.78 is 1.71. The molecule has 0 saturated carbocycles. The van der Waals surface area contributed by atoms with Gasteiger partial charge in [0.25, 0.3) is 5.91 Å². The van der Waals surface area contributed by atoms with Gasteiger partial charge in [0.1, 0.15) is 6.33 Å². The van der Waals surface area contributed by atoms with Gasteiger partial charge >= 0.3 is 0 Å². The van der Waals surface area contributed by atoms with Crippen molar-refractivity contribution < 1.29 is 9.59 Å². The lowest BCUT2D eigenvalue weighted by molar-refractivity contribution is -0.134. The highest BCUT2D eigenvalue weighted by molar-refractivity contribution is 5.88. The lowest BCUT2D eigenvalue weighted by atomic mass is 10.0. The van der Waals surface area contributed by atoms with Gasteiger partial charge in [-0.25, -0.2) is 9.67 Å². The van der Waals surface area contributed by atoms with Crippen molar-refractivity contribution in [3.05, 3.63) is 12.2 Å². The predicted molar refractivity (Wildman–Crippen MR) is 83.6 cm³/mol. The van der Waals surface area contributed by atoms with E-state index in [9.17, 15) is 9.59 Å². The summed E-state index contributed by atoms with van der Waals surface area (Å²) in [5, 5.41) is 4.17. The van der Waals surface area contributed by atoms with E-state index in [1.165, 1.54) is 0 Å². The Morgan fingerprint density at radius 2 is 2.13 bits per heavy atom. The Labute approximate surface area is 135 Å².